The van der Waals surface area contributed by atoms with Crippen LogP contribution in [0, 0.1) is 0 Å². The summed E-state index contributed by atoms with van der Waals surface area (Å²) in [5.74, 6) is 0.510. The van der Waals surface area contributed by atoms with E-state index in [1.807, 2.05) is 0 Å². The third-order valence-corrected chi connectivity index (χ3v) is 2.85. The second-order valence-corrected chi connectivity index (χ2v) is 4.18. The van der Waals surface area contributed by atoms with Gasteiger partial charge in [0.15, 0.2) is 5.60 Å². The summed E-state index contributed by atoms with van der Waals surface area (Å²) in [5, 5.41) is 9.69. The van der Waals surface area contributed by atoms with Gasteiger partial charge in [-0.3, -0.25) is 0 Å². The average molecular weight is 262 g/mol. The highest BCUT2D eigenvalue weighted by atomic mass is 19.4. The SMILES string of the molecule is CCOc1ccc(C(C)(O)C(F)(F)F)c(CC)c1. The third kappa shape index (κ3) is 2.77. The van der Waals surface area contributed by atoms with Crippen molar-refractivity contribution >= 4 is 0 Å². The molecule has 0 heterocycles. The Morgan fingerprint density at radius 2 is 1.83 bits per heavy atom. The molecule has 0 saturated heterocycles. The van der Waals surface area contributed by atoms with Gasteiger partial charge in [-0.25, -0.2) is 0 Å². The first-order valence-electron chi connectivity index (χ1n) is 5.79. The number of aliphatic hydroxyl groups is 1. The van der Waals surface area contributed by atoms with Gasteiger partial charge in [-0.15, -0.1) is 0 Å². The summed E-state index contributed by atoms with van der Waals surface area (Å²) in [6.07, 6.45) is -4.31. The predicted molar refractivity (Wildman–Crippen MR) is 62.6 cm³/mol. The molecule has 0 radical (unpaired) electrons. The summed E-state index contributed by atoms with van der Waals surface area (Å²) in [6, 6.07) is 4.26. The lowest BCUT2D eigenvalue weighted by molar-refractivity contribution is -0.259. The molecule has 2 nitrogen and oxygen atoms in total. The fourth-order valence-electron chi connectivity index (χ4n) is 1.75. The van der Waals surface area contributed by atoms with E-state index in [9.17, 15) is 18.3 Å². The van der Waals surface area contributed by atoms with E-state index in [0.717, 1.165) is 6.92 Å². The van der Waals surface area contributed by atoms with Gasteiger partial charge in [-0.05, 0) is 43.5 Å². The smallest absolute Gasteiger partial charge is 0.421 e. The molecule has 1 unspecified atom stereocenters. The van der Waals surface area contributed by atoms with Crippen molar-refractivity contribution in [3.8, 4) is 5.75 Å². The van der Waals surface area contributed by atoms with E-state index in [1.54, 1.807) is 19.9 Å². The quantitative estimate of drug-likeness (QED) is 0.901. The highest BCUT2D eigenvalue weighted by Crippen LogP contribution is 2.40. The van der Waals surface area contributed by atoms with Gasteiger partial charge >= 0.3 is 6.18 Å². The molecular formula is C13H17F3O2. The Bertz CT molecular complexity index is 411. The van der Waals surface area contributed by atoms with Gasteiger partial charge in [0.25, 0.3) is 0 Å². The fraction of sp³-hybridized carbons (Fsp3) is 0.538. The molecule has 0 aliphatic heterocycles. The first-order chi connectivity index (χ1) is 8.24. The maximum Gasteiger partial charge on any atom is 0.421 e. The Hall–Kier alpha value is -1.23. The molecule has 0 aliphatic rings. The first kappa shape index (κ1) is 14.8. The van der Waals surface area contributed by atoms with Crippen LogP contribution in [0.25, 0.3) is 0 Å². The van der Waals surface area contributed by atoms with Crippen LogP contribution in [0.4, 0.5) is 13.2 Å². The van der Waals surface area contributed by atoms with Gasteiger partial charge in [0.05, 0.1) is 6.61 Å². The second kappa shape index (κ2) is 5.18. The molecule has 1 atom stereocenters. The van der Waals surface area contributed by atoms with Gasteiger partial charge in [-0.2, -0.15) is 13.2 Å². The highest BCUT2D eigenvalue weighted by molar-refractivity contribution is 5.39. The molecule has 0 aromatic heterocycles. The van der Waals surface area contributed by atoms with Crippen molar-refractivity contribution in [1.82, 2.24) is 0 Å². The molecule has 1 N–H and O–H groups in total. The van der Waals surface area contributed by atoms with Crippen molar-refractivity contribution in [3.05, 3.63) is 29.3 Å². The Morgan fingerprint density at radius 1 is 1.22 bits per heavy atom. The lowest BCUT2D eigenvalue weighted by Gasteiger charge is -2.29. The first-order valence-corrected chi connectivity index (χ1v) is 5.79. The highest BCUT2D eigenvalue weighted by Gasteiger charge is 2.51. The molecule has 0 spiro atoms. The summed E-state index contributed by atoms with van der Waals surface area (Å²) in [4.78, 5) is 0. The Labute approximate surface area is 104 Å². The number of hydrogen-bond acceptors (Lipinski definition) is 2. The Morgan fingerprint density at radius 3 is 2.28 bits per heavy atom. The van der Waals surface area contributed by atoms with Crippen LogP contribution in [0.1, 0.15) is 31.9 Å². The number of rotatable bonds is 4. The number of alkyl halides is 3. The lowest BCUT2D eigenvalue weighted by atomic mass is 9.89. The van der Waals surface area contributed by atoms with Gasteiger partial charge in [0.1, 0.15) is 5.75 Å². The van der Waals surface area contributed by atoms with Gasteiger partial charge in [0, 0.05) is 0 Å². The van der Waals surface area contributed by atoms with E-state index in [2.05, 4.69) is 0 Å². The zero-order valence-corrected chi connectivity index (χ0v) is 10.6. The molecule has 5 heteroatoms. The third-order valence-electron chi connectivity index (χ3n) is 2.85. The van der Waals surface area contributed by atoms with Gasteiger partial charge < -0.3 is 9.84 Å². The van der Waals surface area contributed by atoms with E-state index in [0.29, 0.717) is 24.3 Å². The number of ether oxygens (including phenoxy) is 1. The zero-order valence-electron chi connectivity index (χ0n) is 10.6. The standard InChI is InChI=1S/C13H17F3O2/c1-4-9-8-10(18-5-2)6-7-11(9)12(3,17)13(14,15)16/h6-8,17H,4-5H2,1-3H3. The molecule has 0 bridgehead atoms. The monoisotopic (exact) mass is 262 g/mol. The largest absolute Gasteiger partial charge is 0.494 e. The van der Waals surface area contributed by atoms with Crippen LogP contribution < -0.4 is 4.74 Å². The molecule has 1 aromatic carbocycles. The minimum absolute atomic E-state index is 0.124. The van der Waals surface area contributed by atoms with E-state index in [-0.39, 0.29) is 5.56 Å². The minimum atomic E-state index is -4.70. The second-order valence-electron chi connectivity index (χ2n) is 4.18. The van der Waals surface area contributed by atoms with Crippen LogP contribution in [0.15, 0.2) is 18.2 Å². The van der Waals surface area contributed by atoms with E-state index >= 15 is 0 Å². The Balaban J connectivity index is 3.25. The van der Waals surface area contributed by atoms with Gasteiger partial charge in [0.2, 0.25) is 0 Å². The molecule has 0 aliphatic carbocycles. The molecule has 0 saturated carbocycles. The summed E-state index contributed by atoms with van der Waals surface area (Å²) in [5.41, 5.74) is -2.53. The van der Waals surface area contributed by atoms with Crippen molar-refractivity contribution in [2.24, 2.45) is 0 Å². The van der Waals surface area contributed by atoms with Crippen molar-refractivity contribution in [2.75, 3.05) is 6.61 Å². The van der Waals surface area contributed by atoms with Crippen molar-refractivity contribution < 1.29 is 23.0 Å². The zero-order chi connectivity index (χ0) is 14.0. The van der Waals surface area contributed by atoms with E-state index in [4.69, 9.17) is 4.74 Å². The minimum Gasteiger partial charge on any atom is -0.494 e. The number of halogens is 3. The van der Waals surface area contributed by atoms with Crippen molar-refractivity contribution in [2.45, 2.75) is 39.0 Å². The van der Waals surface area contributed by atoms with Crippen LogP contribution in [0.5, 0.6) is 5.75 Å². The Kier molecular flexibility index (Phi) is 4.27. The van der Waals surface area contributed by atoms with Crippen LogP contribution in [-0.4, -0.2) is 17.9 Å². The topological polar surface area (TPSA) is 29.5 Å². The maximum atomic E-state index is 12.8. The average Bonchev–Trinajstić information content (AvgIpc) is 2.27. The molecule has 0 fully saturated rings. The fourth-order valence-corrected chi connectivity index (χ4v) is 1.75. The van der Waals surface area contributed by atoms with Crippen molar-refractivity contribution in [1.29, 1.82) is 0 Å². The van der Waals surface area contributed by atoms with Crippen LogP contribution >= 0.6 is 0 Å². The summed E-state index contributed by atoms with van der Waals surface area (Å²) < 4.78 is 43.6. The summed E-state index contributed by atoms with van der Waals surface area (Å²) in [7, 11) is 0. The number of benzene rings is 1. The molecule has 1 rings (SSSR count). The van der Waals surface area contributed by atoms with Gasteiger partial charge in [-0.1, -0.05) is 13.0 Å². The summed E-state index contributed by atoms with van der Waals surface area (Å²) >= 11 is 0. The molecule has 0 amide bonds. The number of hydrogen-bond donors (Lipinski definition) is 1. The predicted octanol–water partition coefficient (Wildman–Crippen LogP) is 3.42. The molecule has 18 heavy (non-hydrogen) atoms. The van der Waals surface area contributed by atoms with Crippen LogP contribution in [0.2, 0.25) is 0 Å². The number of aryl methyl sites for hydroxylation is 1. The maximum absolute atomic E-state index is 12.8. The normalized spacial score (nSPS) is 15.3. The van der Waals surface area contributed by atoms with E-state index in [1.165, 1.54) is 12.1 Å². The molecule has 102 valence electrons. The van der Waals surface area contributed by atoms with Crippen molar-refractivity contribution in [3.63, 3.8) is 0 Å². The molecular weight excluding hydrogens is 245 g/mol. The van der Waals surface area contributed by atoms with Crippen LogP contribution in [-0.2, 0) is 12.0 Å². The summed E-state index contributed by atoms with van der Waals surface area (Å²) in [6.45, 7) is 4.74. The van der Waals surface area contributed by atoms with E-state index < -0.39 is 11.8 Å². The molecule has 1 aromatic rings. The van der Waals surface area contributed by atoms with Crippen LogP contribution in [0.3, 0.4) is 0 Å². The lowest BCUT2D eigenvalue weighted by Crippen LogP contribution is -2.40.